The monoisotopic (exact) mass is 492 g/mol. The number of amides is 1. The molecule has 0 fully saturated rings. The van der Waals surface area contributed by atoms with Crippen molar-refractivity contribution in [3.63, 3.8) is 0 Å². The van der Waals surface area contributed by atoms with Gasteiger partial charge in [0.05, 0.1) is 23.4 Å². The van der Waals surface area contributed by atoms with Crippen LogP contribution in [0.25, 0.3) is 0 Å². The van der Waals surface area contributed by atoms with Crippen LogP contribution in [-0.4, -0.2) is 28.0 Å². The Morgan fingerprint density at radius 3 is 2.31 bits per heavy atom. The van der Waals surface area contributed by atoms with E-state index < -0.39 is 22.5 Å². The van der Waals surface area contributed by atoms with E-state index in [1.54, 1.807) is 36.4 Å². The van der Waals surface area contributed by atoms with E-state index in [0.717, 1.165) is 15.4 Å². The molecule has 32 heavy (non-hydrogen) atoms. The average Bonchev–Trinajstić information content (AvgIpc) is 2.74. The highest BCUT2D eigenvalue weighted by molar-refractivity contribution is 7.92. The Morgan fingerprint density at radius 2 is 1.69 bits per heavy atom. The van der Waals surface area contributed by atoms with Crippen molar-refractivity contribution in [2.45, 2.75) is 18.7 Å². The molecule has 3 rings (SSSR count). The highest BCUT2D eigenvalue weighted by atomic mass is 35.5. The zero-order chi connectivity index (χ0) is 23.5. The Labute approximate surface area is 197 Å². The fourth-order valence-corrected chi connectivity index (χ4v) is 4.75. The number of rotatable bonds is 7. The van der Waals surface area contributed by atoms with E-state index in [1.807, 2.05) is 13.8 Å². The van der Waals surface area contributed by atoms with Crippen molar-refractivity contribution in [2.24, 2.45) is 0 Å². The van der Waals surface area contributed by atoms with E-state index in [9.17, 15) is 13.2 Å². The number of hydrogen-bond acceptors (Lipinski definition) is 4. The van der Waals surface area contributed by atoms with E-state index in [-0.39, 0.29) is 10.6 Å². The Kier molecular flexibility index (Phi) is 7.33. The molecule has 9 heteroatoms. The fraction of sp³-hybridized carbons (Fsp3) is 0.174. The maximum Gasteiger partial charge on any atom is 0.264 e. The van der Waals surface area contributed by atoms with Crippen molar-refractivity contribution in [2.75, 3.05) is 23.3 Å². The number of carbonyl (C=O) groups excluding carboxylic acids is 1. The predicted octanol–water partition coefficient (Wildman–Crippen LogP) is 5.45. The molecule has 0 bridgehead atoms. The molecule has 0 aliphatic rings. The topological polar surface area (TPSA) is 75.7 Å². The van der Waals surface area contributed by atoms with Crippen LogP contribution in [0.15, 0.2) is 65.6 Å². The van der Waals surface area contributed by atoms with Crippen molar-refractivity contribution in [1.29, 1.82) is 0 Å². The summed E-state index contributed by atoms with van der Waals surface area (Å²) in [6.07, 6.45) is 0. The third kappa shape index (κ3) is 5.35. The van der Waals surface area contributed by atoms with Crippen molar-refractivity contribution in [3.05, 3.63) is 81.8 Å². The van der Waals surface area contributed by atoms with Crippen molar-refractivity contribution in [1.82, 2.24) is 0 Å². The second kappa shape index (κ2) is 9.81. The van der Waals surface area contributed by atoms with Gasteiger partial charge in [-0.15, -0.1) is 0 Å². The first-order valence-corrected chi connectivity index (χ1v) is 11.8. The fourth-order valence-electron chi connectivity index (χ4n) is 2.99. The second-order valence-electron chi connectivity index (χ2n) is 7.15. The first-order valence-electron chi connectivity index (χ1n) is 9.61. The zero-order valence-corrected chi connectivity index (χ0v) is 20.1. The lowest BCUT2D eigenvalue weighted by atomic mass is 10.2. The van der Waals surface area contributed by atoms with E-state index in [2.05, 4.69) is 5.32 Å². The van der Waals surface area contributed by atoms with Crippen LogP contribution in [0.3, 0.4) is 0 Å². The number of aryl methyl sites for hydroxylation is 2. The van der Waals surface area contributed by atoms with Crippen LogP contribution in [0.4, 0.5) is 11.4 Å². The molecule has 0 radical (unpaired) electrons. The van der Waals surface area contributed by atoms with Gasteiger partial charge in [0.25, 0.3) is 10.0 Å². The van der Waals surface area contributed by atoms with Crippen LogP contribution in [0, 0.1) is 13.8 Å². The number of methoxy groups -OCH3 is 1. The lowest BCUT2D eigenvalue weighted by Gasteiger charge is -2.25. The maximum atomic E-state index is 13.5. The Morgan fingerprint density at radius 1 is 1.00 bits per heavy atom. The quantitative estimate of drug-likeness (QED) is 0.475. The van der Waals surface area contributed by atoms with Gasteiger partial charge in [-0.2, -0.15) is 0 Å². The minimum absolute atomic E-state index is 0.0629. The largest absolute Gasteiger partial charge is 0.495 e. The SMILES string of the molecule is COc1ccc(Cl)cc1NC(=O)CN(c1ccc(C)c(Cl)c1)S(=O)(=O)c1ccc(C)cc1. The molecule has 0 unspecified atom stereocenters. The lowest BCUT2D eigenvalue weighted by molar-refractivity contribution is -0.114. The van der Waals surface area contributed by atoms with Crippen LogP contribution >= 0.6 is 23.2 Å². The number of ether oxygens (including phenoxy) is 1. The van der Waals surface area contributed by atoms with Gasteiger partial charge in [0.15, 0.2) is 0 Å². The average molecular weight is 493 g/mol. The second-order valence-corrected chi connectivity index (χ2v) is 9.86. The van der Waals surface area contributed by atoms with Gasteiger partial charge in [0, 0.05) is 10.0 Å². The summed E-state index contributed by atoms with van der Waals surface area (Å²) in [5.74, 6) is -0.174. The summed E-state index contributed by atoms with van der Waals surface area (Å²) in [5, 5.41) is 3.46. The van der Waals surface area contributed by atoms with Crippen molar-refractivity contribution in [3.8, 4) is 5.75 Å². The molecular formula is C23H22Cl2N2O4S. The molecule has 0 aliphatic heterocycles. The molecule has 0 aromatic heterocycles. The van der Waals surface area contributed by atoms with Gasteiger partial charge in [-0.25, -0.2) is 8.42 Å². The highest BCUT2D eigenvalue weighted by Gasteiger charge is 2.28. The van der Waals surface area contributed by atoms with Gasteiger partial charge in [-0.1, -0.05) is 47.0 Å². The normalized spacial score (nSPS) is 11.2. The number of benzene rings is 3. The van der Waals surface area contributed by atoms with Crippen molar-refractivity contribution >= 4 is 50.5 Å². The summed E-state index contributed by atoms with van der Waals surface area (Å²) in [5.41, 5.74) is 2.31. The minimum Gasteiger partial charge on any atom is -0.495 e. The molecule has 6 nitrogen and oxygen atoms in total. The molecule has 0 spiro atoms. The van der Waals surface area contributed by atoms with Gasteiger partial charge >= 0.3 is 0 Å². The number of hydrogen-bond donors (Lipinski definition) is 1. The van der Waals surface area contributed by atoms with Crippen molar-refractivity contribution < 1.29 is 17.9 Å². The summed E-state index contributed by atoms with van der Waals surface area (Å²) >= 11 is 12.3. The molecule has 1 N–H and O–H groups in total. The predicted molar refractivity (Wildman–Crippen MR) is 129 cm³/mol. The molecule has 1 amide bonds. The number of anilines is 2. The minimum atomic E-state index is -4.06. The molecular weight excluding hydrogens is 471 g/mol. The summed E-state index contributed by atoms with van der Waals surface area (Å²) in [6.45, 7) is 3.19. The molecule has 3 aromatic rings. The van der Waals surface area contributed by atoms with E-state index >= 15 is 0 Å². The molecule has 0 atom stereocenters. The molecule has 0 aliphatic carbocycles. The Balaban J connectivity index is 1.99. The third-order valence-corrected chi connectivity index (χ3v) is 7.21. The van der Waals surface area contributed by atoms with E-state index in [1.165, 1.54) is 31.4 Å². The van der Waals surface area contributed by atoms with Gasteiger partial charge in [0.1, 0.15) is 12.3 Å². The van der Waals surface area contributed by atoms with Crippen LogP contribution in [0.2, 0.25) is 10.0 Å². The molecule has 0 saturated carbocycles. The Bertz CT molecular complexity index is 1250. The summed E-state index contributed by atoms with van der Waals surface area (Å²) in [4.78, 5) is 13.0. The third-order valence-electron chi connectivity index (χ3n) is 4.78. The van der Waals surface area contributed by atoms with Crippen LogP contribution < -0.4 is 14.4 Å². The van der Waals surface area contributed by atoms with Crippen LogP contribution in [0.5, 0.6) is 5.75 Å². The molecule has 0 saturated heterocycles. The summed E-state index contributed by atoms with van der Waals surface area (Å²) in [6, 6.07) is 16.0. The molecule has 3 aromatic carbocycles. The maximum absolute atomic E-state index is 13.5. The standard InChI is InChI=1S/C23H22Cl2N2O4S/c1-15-4-9-19(10-5-15)32(29,30)27(18-8-6-16(2)20(25)13-18)14-23(28)26-21-12-17(24)7-11-22(21)31-3/h4-13H,14H2,1-3H3,(H,26,28). The first kappa shape index (κ1) is 23.9. The number of nitrogens with zero attached hydrogens (tertiary/aromatic N) is 1. The highest BCUT2D eigenvalue weighted by Crippen LogP contribution is 2.30. The Hall–Kier alpha value is -2.74. The summed E-state index contributed by atoms with van der Waals surface area (Å²) < 4.78 is 33.2. The lowest BCUT2D eigenvalue weighted by Crippen LogP contribution is -2.38. The first-order chi connectivity index (χ1) is 15.1. The smallest absolute Gasteiger partial charge is 0.264 e. The van der Waals surface area contributed by atoms with E-state index in [0.29, 0.717) is 21.5 Å². The zero-order valence-electron chi connectivity index (χ0n) is 17.7. The van der Waals surface area contributed by atoms with Gasteiger partial charge in [-0.05, 0) is 61.9 Å². The number of nitrogens with one attached hydrogen (secondary N) is 1. The number of sulfonamides is 1. The molecule has 0 heterocycles. The van der Waals surface area contributed by atoms with Gasteiger partial charge < -0.3 is 10.1 Å². The van der Waals surface area contributed by atoms with Gasteiger partial charge in [0.2, 0.25) is 5.91 Å². The van der Waals surface area contributed by atoms with Crippen LogP contribution in [0.1, 0.15) is 11.1 Å². The van der Waals surface area contributed by atoms with E-state index in [4.69, 9.17) is 27.9 Å². The van der Waals surface area contributed by atoms with Gasteiger partial charge in [-0.3, -0.25) is 9.10 Å². The summed E-state index contributed by atoms with van der Waals surface area (Å²) in [7, 11) is -2.60. The number of carbonyl (C=O) groups is 1. The molecule has 168 valence electrons. The number of halogens is 2. The van der Waals surface area contributed by atoms with Crippen LogP contribution in [-0.2, 0) is 14.8 Å².